The van der Waals surface area contributed by atoms with Gasteiger partial charge in [-0.3, -0.25) is 20.0 Å². The highest BCUT2D eigenvalue weighted by Crippen LogP contribution is 2.17. The first-order valence-corrected chi connectivity index (χ1v) is 5.30. The Morgan fingerprint density at radius 1 is 1.67 bits per heavy atom. The Morgan fingerprint density at radius 3 is 3.00 bits per heavy atom. The van der Waals surface area contributed by atoms with Crippen molar-refractivity contribution < 1.29 is 9.72 Å². The van der Waals surface area contributed by atoms with E-state index in [9.17, 15) is 14.9 Å². The third kappa shape index (κ3) is 2.77. The summed E-state index contributed by atoms with van der Waals surface area (Å²) in [5.74, 6) is -0.373. The van der Waals surface area contributed by atoms with Gasteiger partial charge in [-0.05, 0) is 6.92 Å². The van der Waals surface area contributed by atoms with Gasteiger partial charge in [-0.25, -0.2) is 0 Å². The van der Waals surface area contributed by atoms with Gasteiger partial charge in [0.25, 0.3) is 5.91 Å². The van der Waals surface area contributed by atoms with E-state index in [0.717, 1.165) is 6.20 Å². The Kier molecular flexibility index (Phi) is 4.62. The van der Waals surface area contributed by atoms with Gasteiger partial charge in [0.05, 0.1) is 4.92 Å². The van der Waals surface area contributed by atoms with Crippen LogP contribution in [0.2, 0.25) is 0 Å². The summed E-state index contributed by atoms with van der Waals surface area (Å²) >= 11 is 0. The fourth-order valence-corrected chi connectivity index (χ4v) is 1.85. The van der Waals surface area contributed by atoms with E-state index < -0.39 is 4.92 Å². The molecule has 1 aromatic heterocycles. The van der Waals surface area contributed by atoms with Crippen LogP contribution in [0.5, 0.6) is 0 Å². The second-order valence-electron chi connectivity index (χ2n) is 3.99. The molecule has 9 heteroatoms. The molecule has 0 saturated carbocycles. The largest absolute Gasteiger partial charge is 0.334 e. The summed E-state index contributed by atoms with van der Waals surface area (Å²) in [6.45, 7) is 3.73. The number of nitrogens with one attached hydrogen (secondary N) is 2. The summed E-state index contributed by atoms with van der Waals surface area (Å²) < 4.78 is 0. The number of carbonyl (C=O) groups excluding carboxylic acids is 1. The van der Waals surface area contributed by atoms with Crippen LogP contribution in [-0.4, -0.2) is 51.6 Å². The molecule has 0 spiro atoms. The van der Waals surface area contributed by atoms with Gasteiger partial charge in [0.15, 0.2) is 0 Å². The molecule has 1 amide bonds. The summed E-state index contributed by atoms with van der Waals surface area (Å²) in [6, 6.07) is 0.190. The van der Waals surface area contributed by atoms with Gasteiger partial charge in [0.1, 0.15) is 6.20 Å². The van der Waals surface area contributed by atoms with Crippen LogP contribution in [0.1, 0.15) is 17.4 Å². The van der Waals surface area contributed by atoms with Crippen molar-refractivity contribution in [3.05, 3.63) is 22.0 Å². The topological polar surface area (TPSA) is 104 Å². The molecule has 1 atom stereocenters. The van der Waals surface area contributed by atoms with Gasteiger partial charge < -0.3 is 10.2 Å². The van der Waals surface area contributed by atoms with Gasteiger partial charge >= 0.3 is 5.69 Å². The molecule has 1 aromatic rings. The lowest BCUT2D eigenvalue weighted by molar-refractivity contribution is -0.385. The van der Waals surface area contributed by atoms with Crippen molar-refractivity contribution in [1.29, 1.82) is 0 Å². The third-order valence-corrected chi connectivity index (χ3v) is 2.69. The van der Waals surface area contributed by atoms with E-state index >= 15 is 0 Å². The number of amides is 1. The van der Waals surface area contributed by atoms with E-state index in [1.807, 2.05) is 6.92 Å². The van der Waals surface area contributed by atoms with E-state index in [4.69, 9.17) is 0 Å². The van der Waals surface area contributed by atoms with Crippen LogP contribution in [0, 0.1) is 10.1 Å². The highest BCUT2D eigenvalue weighted by molar-refractivity contribution is 5.96. The van der Waals surface area contributed by atoms with Crippen molar-refractivity contribution in [3.63, 3.8) is 0 Å². The number of aromatic nitrogens is 2. The van der Waals surface area contributed by atoms with Crippen molar-refractivity contribution in [3.8, 4) is 0 Å². The number of hydrogen-bond acceptors (Lipinski definition) is 5. The van der Waals surface area contributed by atoms with Crippen LogP contribution in [0.3, 0.4) is 0 Å². The number of H-pyrrole nitrogens is 1. The predicted octanol–water partition coefficient (Wildman–Crippen LogP) is 0.174. The van der Waals surface area contributed by atoms with E-state index in [-0.39, 0.29) is 35.7 Å². The minimum atomic E-state index is -0.609. The number of aromatic amines is 1. The van der Waals surface area contributed by atoms with Crippen molar-refractivity contribution in [2.75, 3.05) is 19.6 Å². The number of piperazine rings is 1. The summed E-state index contributed by atoms with van der Waals surface area (Å²) in [7, 11) is 0. The molecule has 0 aliphatic carbocycles. The Labute approximate surface area is 109 Å². The van der Waals surface area contributed by atoms with Gasteiger partial charge in [-0.1, -0.05) is 0 Å². The Bertz CT molecular complexity index is 449. The Balaban J connectivity index is 0.00000162. The molecule has 100 valence electrons. The normalized spacial score (nSPS) is 19.2. The molecule has 2 rings (SSSR count). The second-order valence-corrected chi connectivity index (χ2v) is 3.99. The van der Waals surface area contributed by atoms with Crippen LogP contribution in [0.4, 0.5) is 5.69 Å². The zero-order valence-electron chi connectivity index (χ0n) is 9.75. The molecule has 2 N–H and O–H groups in total. The number of nitrogens with zero attached hydrogens (tertiary/aromatic N) is 3. The van der Waals surface area contributed by atoms with E-state index in [1.54, 1.807) is 4.90 Å². The van der Waals surface area contributed by atoms with Crippen LogP contribution < -0.4 is 5.32 Å². The monoisotopic (exact) mass is 275 g/mol. The molecule has 0 unspecified atom stereocenters. The van der Waals surface area contributed by atoms with E-state index in [2.05, 4.69) is 15.5 Å². The first kappa shape index (κ1) is 14.4. The van der Waals surface area contributed by atoms with E-state index in [0.29, 0.717) is 19.6 Å². The van der Waals surface area contributed by atoms with Crippen molar-refractivity contribution in [1.82, 2.24) is 20.4 Å². The van der Waals surface area contributed by atoms with Gasteiger partial charge in [0, 0.05) is 25.7 Å². The molecule has 0 radical (unpaired) electrons. The minimum Gasteiger partial charge on any atom is -0.334 e. The fraction of sp³-hybridized carbons (Fsp3) is 0.556. The Morgan fingerprint density at radius 2 is 2.39 bits per heavy atom. The molecule has 1 aliphatic heterocycles. The standard InChI is InChI=1S/C9H13N5O3.ClH/c1-6-5-13(3-2-10-6)9(15)8-7(14(16)17)4-11-12-8;/h4,6,10H,2-3,5H2,1H3,(H,11,12);1H/t6-;/m1./s1. The molecule has 0 bridgehead atoms. The summed E-state index contributed by atoms with van der Waals surface area (Å²) in [5.41, 5.74) is -0.328. The second kappa shape index (κ2) is 5.78. The van der Waals surface area contributed by atoms with Crippen LogP contribution in [0.15, 0.2) is 6.20 Å². The summed E-state index contributed by atoms with van der Waals surface area (Å²) in [5, 5.41) is 19.8. The lowest BCUT2D eigenvalue weighted by Crippen LogP contribution is -2.51. The zero-order chi connectivity index (χ0) is 12.4. The Hall–Kier alpha value is -1.67. The molecular formula is C9H14ClN5O3. The maximum atomic E-state index is 12.1. The minimum absolute atomic E-state index is 0. The SMILES string of the molecule is C[C@@H]1CN(C(=O)c2[nH]ncc2[N+](=O)[O-])CCN1.Cl. The zero-order valence-corrected chi connectivity index (χ0v) is 10.6. The van der Waals surface area contributed by atoms with Gasteiger partial charge in [-0.2, -0.15) is 5.10 Å². The summed E-state index contributed by atoms with van der Waals surface area (Å²) in [4.78, 5) is 23.7. The highest BCUT2D eigenvalue weighted by Gasteiger charge is 2.29. The molecule has 8 nitrogen and oxygen atoms in total. The van der Waals surface area contributed by atoms with Crippen LogP contribution in [-0.2, 0) is 0 Å². The third-order valence-electron chi connectivity index (χ3n) is 2.69. The molecule has 1 fully saturated rings. The number of halogens is 1. The number of nitro groups is 1. The summed E-state index contributed by atoms with van der Waals surface area (Å²) in [6.07, 6.45) is 1.05. The quantitative estimate of drug-likeness (QED) is 0.591. The highest BCUT2D eigenvalue weighted by atomic mass is 35.5. The van der Waals surface area contributed by atoms with Crippen LogP contribution in [0.25, 0.3) is 0 Å². The number of hydrogen-bond donors (Lipinski definition) is 2. The lowest BCUT2D eigenvalue weighted by atomic mass is 10.2. The first-order chi connectivity index (χ1) is 8.09. The number of rotatable bonds is 2. The van der Waals surface area contributed by atoms with Crippen LogP contribution >= 0.6 is 12.4 Å². The van der Waals surface area contributed by atoms with Crippen molar-refractivity contribution >= 4 is 24.0 Å². The maximum absolute atomic E-state index is 12.1. The molecular weight excluding hydrogens is 262 g/mol. The smallest absolute Gasteiger partial charge is 0.319 e. The molecule has 1 saturated heterocycles. The molecule has 1 aliphatic rings. The van der Waals surface area contributed by atoms with E-state index in [1.165, 1.54) is 0 Å². The van der Waals surface area contributed by atoms with Gasteiger partial charge in [0.2, 0.25) is 5.69 Å². The average molecular weight is 276 g/mol. The first-order valence-electron chi connectivity index (χ1n) is 5.30. The average Bonchev–Trinajstić information content (AvgIpc) is 2.77. The molecule has 0 aromatic carbocycles. The fourth-order valence-electron chi connectivity index (χ4n) is 1.85. The number of carbonyl (C=O) groups is 1. The van der Waals surface area contributed by atoms with Crippen molar-refractivity contribution in [2.24, 2.45) is 0 Å². The molecule has 2 heterocycles. The lowest BCUT2D eigenvalue weighted by Gasteiger charge is -2.31. The van der Waals surface area contributed by atoms with Crippen molar-refractivity contribution in [2.45, 2.75) is 13.0 Å². The molecule has 18 heavy (non-hydrogen) atoms. The predicted molar refractivity (Wildman–Crippen MR) is 65.9 cm³/mol. The maximum Gasteiger partial charge on any atom is 0.319 e. The van der Waals surface area contributed by atoms with Gasteiger partial charge in [-0.15, -0.1) is 12.4 Å².